The second-order valence-corrected chi connectivity index (χ2v) is 3.69. The summed E-state index contributed by atoms with van der Waals surface area (Å²) >= 11 is 0. The maximum atomic E-state index is 11.8. The molecule has 0 aliphatic carbocycles. The maximum absolute atomic E-state index is 11.8. The molecular formula is C12H9F3N2O. The van der Waals surface area contributed by atoms with Gasteiger partial charge in [-0.2, -0.15) is 5.26 Å². The van der Waals surface area contributed by atoms with Gasteiger partial charge in [-0.25, -0.2) is 0 Å². The molecule has 2 aromatic rings. The molecule has 0 radical (unpaired) electrons. The van der Waals surface area contributed by atoms with E-state index in [0.29, 0.717) is 5.56 Å². The highest BCUT2D eigenvalue weighted by atomic mass is 19.4. The van der Waals surface area contributed by atoms with Crippen LogP contribution in [0.1, 0.15) is 5.56 Å². The second kappa shape index (κ2) is 4.70. The van der Waals surface area contributed by atoms with Crippen molar-refractivity contribution < 1.29 is 17.9 Å². The number of hydrogen-bond acceptors (Lipinski definition) is 2. The first-order chi connectivity index (χ1) is 8.49. The predicted octanol–water partition coefficient (Wildman–Crippen LogP) is 3.05. The normalized spacial score (nSPS) is 11.7. The standard InChI is InChI=1S/C12H9F3N2O/c13-12(14,15)18-6-5-17-4-3-10-2-1-9(8-16)7-11(10)17/h1-4,7H,5-6H2. The fraction of sp³-hybridized carbons (Fsp3) is 0.250. The fourth-order valence-electron chi connectivity index (χ4n) is 1.71. The molecule has 3 nitrogen and oxygen atoms in total. The molecule has 0 aliphatic rings. The summed E-state index contributed by atoms with van der Waals surface area (Å²) in [5.41, 5.74) is 1.19. The van der Waals surface area contributed by atoms with Gasteiger partial charge < -0.3 is 4.57 Å². The summed E-state index contributed by atoms with van der Waals surface area (Å²) < 4.78 is 40.9. The minimum absolute atomic E-state index is 0.0812. The molecule has 1 heterocycles. The van der Waals surface area contributed by atoms with Crippen molar-refractivity contribution in [3.05, 3.63) is 36.0 Å². The number of hydrogen-bond donors (Lipinski definition) is 0. The topological polar surface area (TPSA) is 38.0 Å². The highest BCUT2D eigenvalue weighted by Crippen LogP contribution is 2.19. The van der Waals surface area contributed by atoms with Crippen LogP contribution < -0.4 is 0 Å². The molecule has 0 bridgehead atoms. The lowest BCUT2D eigenvalue weighted by molar-refractivity contribution is -0.325. The Morgan fingerprint density at radius 2 is 2.06 bits per heavy atom. The van der Waals surface area contributed by atoms with Gasteiger partial charge in [0.05, 0.1) is 18.2 Å². The molecule has 1 aromatic heterocycles. The summed E-state index contributed by atoms with van der Waals surface area (Å²) in [4.78, 5) is 0. The van der Waals surface area contributed by atoms with Crippen LogP contribution in [-0.4, -0.2) is 17.5 Å². The van der Waals surface area contributed by atoms with E-state index < -0.39 is 13.0 Å². The number of ether oxygens (including phenoxy) is 1. The van der Waals surface area contributed by atoms with Gasteiger partial charge in [-0.1, -0.05) is 6.07 Å². The van der Waals surface area contributed by atoms with E-state index in [0.717, 1.165) is 10.9 Å². The number of rotatable bonds is 3. The summed E-state index contributed by atoms with van der Waals surface area (Å²) in [5, 5.41) is 9.65. The van der Waals surface area contributed by atoms with E-state index in [9.17, 15) is 13.2 Å². The number of nitrogens with zero attached hydrogens (tertiary/aromatic N) is 2. The van der Waals surface area contributed by atoms with Gasteiger partial charge in [0.25, 0.3) is 0 Å². The van der Waals surface area contributed by atoms with Crippen molar-refractivity contribution in [3.8, 4) is 6.07 Å². The Hall–Kier alpha value is -2.00. The van der Waals surface area contributed by atoms with E-state index in [2.05, 4.69) is 4.74 Å². The molecule has 0 atom stereocenters. The molecule has 1 aromatic carbocycles. The number of halogens is 3. The second-order valence-electron chi connectivity index (χ2n) is 3.69. The van der Waals surface area contributed by atoms with E-state index >= 15 is 0 Å². The van der Waals surface area contributed by atoms with E-state index in [4.69, 9.17) is 5.26 Å². The van der Waals surface area contributed by atoms with Crippen LogP contribution in [-0.2, 0) is 11.3 Å². The summed E-state index contributed by atoms with van der Waals surface area (Å²) in [6.45, 7) is -0.373. The van der Waals surface area contributed by atoms with Crippen molar-refractivity contribution in [2.45, 2.75) is 12.9 Å². The van der Waals surface area contributed by atoms with Crippen molar-refractivity contribution in [2.75, 3.05) is 6.61 Å². The van der Waals surface area contributed by atoms with Crippen LogP contribution in [0.4, 0.5) is 13.2 Å². The quantitative estimate of drug-likeness (QED) is 0.844. The van der Waals surface area contributed by atoms with Gasteiger partial charge in [-0.3, -0.25) is 4.74 Å². The summed E-state index contributed by atoms with van der Waals surface area (Å²) in [6, 6.07) is 8.84. The molecule has 94 valence electrons. The summed E-state index contributed by atoms with van der Waals surface area (Å²) in [5.74, 6) is 0. The largest absolute Gasteiger partial charge is 0.522 e. The van der Waals surface area contributed by atoms with Gasteiger partial charge in [-0.05, 0) is 23.6 Å². The molecule has 0 saturated heterocycles. The van der Waals surface area contributed by atoms with E-state index in [1.54, 1.807) is 35.0 Å². The summed E-state index contributed by atoms with van der Waals surface area (Å²) in [7, 11) is 0. The van der Waals surface area contributed by atoms with Gasteiger partial charge in [0.15, 0.2) is 0 Å². The van der Waals surface area contributed by atoms with Crippen LogP contribution in [0.25, 0.3) is 10.9 Å². The molecule has 0 aliphatic heterocycles. The molecule has 18 heavy (non-hydrogen) atoms. The first-order valence-electron chi connectivity index (χ1n) is 5.19. The van der Waals surface area contributed by atoms with Crippen molar-refractivity contribution in [1.82, 2.24) is 4.57 Å². The Balaban J connectivity index is 2.16. The van der Waals surface area contributed by atoms with Crippen LogP contribution in [0.15, 0.2) is 30.5 Å². The highest BCUT2D eigenvalue weighted by molar-refractivity contribution is 5.81. The minimum atomic E-state index is -4.61. The maximum Gasteiger partial charge on any atom is 0.522 e. The Kier molecular flexibility index (Phi) is 3.26. The van der Waals surface area contributed by atoms with Crippen LogP contribution in [0.5, 0.6) is 0 Å². The Morgan fingerprint density at radius 1 is 1.28 bits per heavy atom. The monoisotopic (exact) mass is 254 g/mol. The third-order valence-corrected chi connectivity index (χ3v) is 2.50. The Bertz CT molecular complexity index is 595. The van der Waals surface area contributed by atoms with Crippen molar-refractivity contribution >= 4 is 10.9 Å². The fourth-order valence-corrected chi connectivity index (χ4v) is 1.71. The van der Waals surface area contributed by atoms with Gasteiger partial charge in [-0.15, -0.1) is 13.2 Å². The molecule has 2 rings (SSSR count). The average molecular weight is 254 g/mol. The Labute approximate surface area is 101 Å². The van der Waals surface area contributed by atoms with Crippen LogP contribution in [0.3, 0.4) is 0 Å². The lowest BCUT2D eigenvalue weighted by Gasteiger charge is -2.09. The number of alkyl halides is 3. The number of aromatic nitrogens is 1. The average Bonchev–Trinajstić information content (AvgIpc) is 2.70. The van der Waals surface area contributed by atoms with Crippen molar-refractivity contribution in [1.29, 1.82) is 5.26 Å². The molecule has 0 amide bonds. The third-order valence-electron chi connectivity index (χ3n) is 2.50. The SMILES string of the molecule is N#Cc1ccc2ccn(CCOC(F)(F)F)c2c1. The van der Waals surface area contributed by atoms with Crippen LogP contribution in [0, 0.1) is 11.3 Å². The molecule has 6 heteroatoms. The van der Waals surface area contributed by atoms with Gasteiger partial charge >= 0.3 is 6.36 Å². The molecule has 0 spiro atoms. The molecule has 0 saturated carbocycles. The third kappa shape index (κ3) is 2.81. The van der Waals surface area contributed by atoms with Crippen molar-refractivity contribution in [2.24, 2.45) is 0 Å². The lowest BCUT2D eigenvalue weighted by atomic mass is 10.2. The molecule has 0 unspecified atom stereocenters. The zero-order valence-electron chi connectivity index (χ0n) is 9.24. The van der Waals surface area contributed by atoms with Gasteiger partial charge in [0, 0.05) is 18.3 Å². The van der Waals surface area contributed by atoms with E-state index in [-0.39, 0.29) is 6.54 Å². The van der Waals surface area contributed by atoms with Crippen LogP contribution >= 0.6 is 0 Å². The first-order valence-corrected chi connectivity index (χ1v) is 5.19. The number of fused-ring (bicyclic) bond motifs is 1. The zero-order chi connectivity index (χ0) is 13.2. The predicted molar refractivity (Wildman–Crippen MR) is 58.7 cm³/mol. The van der Waals surface area contributed by atoms with E-state index in [1.165, 1.54) is 0 Å². The molecule has 0 N–H and O–H groups in total. The highest BCUT2D eigenvalue weighted by Gasteiger charge is 2.28. The van der Waals surface area contributed by atoms with Gasteiger partial charge in [0.1, 0.15) is 0 Å². The molecular weight excluding hydrogens is 245 g/mol. The summed E-state index contributed by atoms with van der Waals surface area (Å²) in [6.07, 6.45) is -2.94. The molecule has 0 fully saturated rings. The lowest BCUT2D eigenvalue weighted by Crippen LogP contribution is -2.17. The Morgan fingerprint density at radius 3 is 2.72 bits per heavy atom. The first kappa shape index (κ1) is 12.5. The number of nitriles is 1. The number of benzene rings is 1. The zero-order valence-corrected chi connectivity index (χ0v) is 9.24. The minimum Gasteiger partial charge on any atom is -0.345 e. The van der Waals surface area contributed by atoms with Crippen molar-refractivity contribution in [3.63, 3.8) is 0 Å². The van der Waals surface area contributed by atoms with Crippen LogP contribution in [0.2, 0.25) is 0 Å². The van der Waals surface area contributed by atoms with E-state index in [1.807, 2.05) is 6.07 Å². The smallest absolute Gasteiger partial charge is 0.345 e. The van der Waals surface area contributed by atoms with Gasteiger partial charge in [0.2, 0.25) is 0 Å².